The predicted molar refractivity (Wildman–Crippen MR) is 194 cm³/mol. The third-order valence-electron chi connectivity index (χ3n) is 9.02. The number of rotatable bonds is 7. The van der Waals surface area contributed by atoms with Crippen molar-refractivity contribution in [3.8, 4) is 34.1 Å². The van der Waals surface area contributed by atoms with Crippen molar-refractivity contribution in [3.63, 3.8) is 0 Å². The number of aromatic nitrogens is 5. The van der Waals surface area contributed by atoms with Crippen LogP contribution in [-0.4, -0.2) is 31.0 Å². The third-order valence-corrected chi connectivity index (χ3v) is 9.02. The van der Waals surface area contributed by atoms with Crippen LogP contribution in [0.3, 0.4) is 0 Å². The zero-order valence-corrected chi connectivity index (χ0v) is 25.9. The predicted octanol–water partition coefficient (Wildman–Crippen LogP) is 7.20. The average Bonchev–Trinajstić information content (AvgIpc) is 3.92. The van der Waals surface area contributed by atoms with Gasteiger partial charge < -0.3 is 9.09 Å². The quantitative estimate of drug-likeness (QED) is 0.178. The van der Waals surface area contributed by atoms with Crippen LogP contribution in [0.5, 0.6) is 0 Å². The molecule has 0 aliphatic carbocycles. The molecule has 5 aromatic carbocycles. The second-order valence-electron chi connectivity index (χ2n) is 11.8. The number of fused-ring (bicyclic) bond motifs is 3. The Balaban J connectivity index is 1.36. The molecule has 0 amide bonds. The van der Waals surface area contributed by atoms with Crippen molar-refractivity contribution < 1.29 is 4.52 Å². The Hall–Kier alpha value is -6.47. The van der Waals surface area contributed by atoms with Crippen LogP contribution in [0.2, 0.25) is 0 Å². The summed E-state index contributed by atoms with van der Waals surface area (Å²) in [6.45, 7) is -0.232. The molecule has 0 aliphatic heterocycles. The topological polar surface area (TPSA) is 61.7 Å². The molecular formula is C41H28BN5O. The van der Waals surface area contributed by atoms with Gasteiger partial charge in [0, 0.05) is 51.6 Å². The molecule has 0 bridgehead atoms. The van der Waals surface area contributed by atoms with E-state index in [-0.39, 0.29) is 6.71 Å². The second-order valence-corrected chi connectivity index (χ2v) is 11.8. The first kappa shape index (κ1) is 27.8. The van der Waals surface area contributed by atoms with Crippen LogP contribution in [0.15, 0.2) is 175 Å². The van der Waals surface area contributed by atoms with E-state index in [2.05, 4.69) is 107 Å². The fourth-order valence-corrected chi connectivity index (χ4v) is 6.87. The molecule has 0 radical (unpaired) electrons. The smallest absolute Gasteiger partial charge is 0.249 e. The Bertz CT molecular complexity index is 2450. The highest BCUT2D eigenvalue weighted by atomic mass is 16.5. The summed E-state index contributed by atoms with van der Waals surface area (Å²) in [5.41, 5.74) is 9.25. The average molecular weight is 618 g/mol. The summed E-state index contributed by atoms with van der Waals surface area (Å²) in [7, 11) is 0. The van der Waals surface area contributed by atoms with Crippen molar-refractivity contribution in [2.24, 2.45) is 0 Å². The second kappa shape index (κ2) is 11.7. The molecule has 0 N–H and O–H groups in total. The number of pyridine rings is 1. The molecule has 0 unspecified atom stereocenters. The molecule has 0 saturated heterocycles. The van der Waals surface area contributed by atoms with Crippen LogP contribution in [0.1, 0.15) is 0 Å². The van der Waals surface area contributed by atoms with Gasteiger partial charge in [-0.15, -0.1) is 0 Å². The van der Waals surface area contributed by atoms with Gasteiger partial charge in [0.2, 0.25) is 6.71 Å². The fraction of sp³-hybridized carbons (Fsp3) is 0. The summed E-state index contributed by atoms with van der Waals surface area (Å²) in [5.74, 6) is 1.62. The number of imidazole rings is 1. The van der Waals surface area contributed by atoms with Gasteiger partial charge in [-0.2, -0.15) is 0 Å². The van der Waals surface area contributed by atoms with E-state index in [1.807, 2.05) is 71.8 Å². The van der Waals surface area contributed by atoms with Crippen molar-refractivity contribution >= 4 is 44.9 Å². The Kier molecular flexibility index (Phi) is 6.79. The molecule has 6 nitrogen and oxygen atoms in total. The van der Waals surface area contributed by atoms with E-state index >= 15 is 0 Å². The van der Waals surface area contributed by atoms with E-state index < -0.39 is 0 Å². The number of benzene rings is 5. The maximum absolute atomic E-state index is 6.31. The van der Waals surface area contributed by atoms with Gasteiger partial charge in [-0.25, -0.2) is 9.97 Å². The van der Waals surface area contributed by atoms with Crippen molar-refractivity contribution in [2.75, 3.05) is 0 Å². The molecule has 0 spiro atoms. The van der Waals surface area contributed by atoms with E-state index in [4.69, 9.17) is 14.7 Å². The Morgan fingerprint density at radius 1 is 0.583 bits per heavy atom. The van der Waals surface area contributed by atoms with Gasteiger partial charge in [-0.1, -0.05) is 125 Å². The SMILES string of the molecule is c1ccc(-c2noc(-c3ccccc3)c2B(c2cccc(-n3ccnc3)c2)c2ccc3c4ccccc4n(-c4ccccn4)c3c2)cc1. The van der Waals surface area contributed by atoms with Crippen LogP contribution in [0.4, 0.5) is 0 Å². The Labute approximate surface area is 277 Å². The van der Waals surface area contributed by atoms with Crippen LogP contribution in [0, 0.1) is 0 Å². The molecule has 9 rings (SSSR count). The maximum Gasteiger partial charge on any atom is 0.249 e. The highest BCUT2D eigenvalue weighted by molar-refractivity contribution is 6.97. The molecule has 226 valence electrons. The van der Waals surface area contributed by atoms with Gasteiger partial charge >= 0.3 is 0 Å². The largest absolute Gasteiger partial charge is 0.356 e. The van der Waals surface area contributed by atoms with Crippen molar-refractivity contribution in [2.45, 2.75) is 0 Å². The van der Waals surface area contributed by atoms with Gasteiger partial charge in [-0.3, -0.25) is 4.57 Å². The Morgan fingerprint density at radius 2 is 1.33 bits per heavy atom. The summed E-state index contributed by atoms with van der Waals surface area (Å²) in [5, 5.41) is 7.12. The molecule has 7 heteroatoms. The van der Waals surface area contributed by atoms with Gasteiger partial charge in [0.15, 0.2) is 5.76 Å². The number of hydrogen-bond acceptors (Lipinski definition) is 4. The monoisotopic (exact) mass is 617 g/mol. The highest BCUT2D eigenvalue weighted by Gasteiger charge is 2.33. The summed E-state index contributed by atoms with van der Waals surface area (Å²) in [4.78, 5) is 9.09. The molecule has 4 aromatic heterocycles. The molecular weight excluding hydrogens is 589 g/mol. The first-order chi connectivity index (χ1) is 23.8. The number of para-hydroxylation sites is 1. The van der Waals surface area contributed by atoms with Crippen LogP contribution in [-0.2, 0) is 0 Å². The summed E-state index contributed by atoms with van der Waals surface area (Å²) in [6, 6.07) is 50.6. The van der Waals surface area contributed by atoms with E-state index in [1.165, 1.54) is 10.8 Å². The molecule has 48 heavy (non-hydrogen) atoms. The molecule has 9 aromatic rings. The molecule has 0 saturated carbocycles. The van der Waals surface area contributed by atoms with Gasteiger partial charge in [0.25, 0.3) is 0 Å². The lowest BCUT2D eigenvalue weighted by atomic mass is 9.36. The zero-order valence-electron chi connectivity index (χ0n) is 25.9. The fourth-order valence-electron chi connectivity index (χ4n) is 6.87. The minimum atomic E-state index is -0.232. The first-order valence-corrected chi connectivity index (χ1v) is 16.0. The Morgan fingerprint density at radius 3 is 2.12 bits per heavy atom. The third kappa shape index (κ3) is 4.72. The first-order valence-electron chi connectivity index (χ1n) is 16.0. The van der Waals surface area contributed by atoms with Crippen LogP contribution >= 0.6 is 0 Å². The highest BCUT2D eigenvalue weighted by Crippen LogP contribution is 2.31. The van der Waals surface area contributed by atoms with E-state index in [9.17, 15) is 0 Å². The normalized spacial score (nSPS) is 11.3. The lowest BCUT2D eigenvalue weighted by Gasteiger charge is -2.18. The molecule has 0 aliphatic rings. The van der Waals surface area contributed by atoms with Gasteiger partial charge in [-0.05, 0) is 36.4 Å². The summed E-state index contributed by atoms with van der Waals surface area (Å²) >= 11 is 0. The molecule has 0 atom stereocenters. The molecule has 0 fully saturated rings. The minimum absolute atomic E-state index is 0.232. The van der Waals surface area contributed by atoms with Gasteiger partial charge in [0.05, 0.1) is 17.4 Å². The number of nitrogens with zero attached hydrogens (tertiary/aromatic N) is 5. The van der Waals surface area contributed by atoms with Crippen LogP contribution in [0.25, 0.3) is 55.9 Å². The van der Waals surface area contributed by atoms with E-state index in [0.717, 1.165) is 61.5 Å². The van der Waals surface area contributed by atoms with Crippen molar-refractivity contribution in [1.82, 2.24) is 24.3 Å². The van der Waals surface area contributed by atoms with E-state index in [0.29, 0.717) is 0 Å². The lowest BCUT2D eigenvalue weighted by Crippen LogP contribution is -2.53. The molecule has 4 heterocycles. The summed E-state index contributed by atoms with van der Waals surface area (Å²) in [6.07, 6.45) is 7.44. The van der Waals surface area contributed by atoms with Gasteiger partial charge in [0.1, 0.15) is 11.5 Å². The standard InChI is InChI=1S/C41H28BN5O/c1-3-12-29(13-4-1)40-39(41(48-45-40)30-14-5-2-6-15-30)42(31-16-11-17-33(26-31)46-25-24-43-28-46)32-21-22-35-34-18-7-8-19-36(34)47(37(35)27-32)38-20-9-10-23-44-38/h1-28H. The van der Waals surface area contributed by atoms with Crippen molar-refractivity contribution in [1.29, 1.82) is 0 Å². The van der Waals surface area contributed by atoms with Crippen LogP contribution < -0.4 is 16.4 Å². The zero-order chi connectivity index (χ0) is 31.9. The minimum Gasteiger partial charge on any atom is -0.356 e. The maximum atomic E-state index is 6.31. The summed E-state index contributed by atoms with van der Waals surface area (Å²) < 4.78 is 10.6. The van der Waals surface area contributed by atoms with E-state index in [1.54, 1.807) is 6.20 Å². The lowest BCUT2D eigenvalue weighted by molar-refractivity contribution is 0.435. The number of hydrogen-bond donors (Lipinski definition) is 0. The van der Waals surface area contributed by atoms with Crippen molar-refractivity contribution in [3.05, 3.63) is 171 Å².